The Labute approximate surface area is 155 Å². The van der Waals surface area contributed by atoms with Gasteiger partial charge in [0.1, 0.15) is 17.0 Å². The minimum atomic E-state index is -0.197. The fraction of sp³-hybridized carbons (Fsp3) is 0.375. The maximum atomic E-state index is 12.3. The largest absolute Gasteiger partial charge is 0.332 e. The second-order valence-corrected chi connectivity index (χ2v) is 6.86. The molecule has 0 aliphatic rings. The Morgan fingerprint density at radius 2 is 2.23 bits per heavy atom. The lowest BCUT2D eigenvalue weighted by Crippen LogP contribution is -2.37. The molecule has 0 atom stereocenters. The van der Waals surface area contributed by atoms with Crippen LogP contribution in [0.1, 0.15) is 31.4 Å². The van der Waals surface area contributed by atoms with Crippen LogP contribution in [0.4, 0.5) is 4.79 Å². The fourth-order valence-corrected chi connectivity index (χ4v) is 3.09. The van der Waals surface area contributed by atoms with E-state index in [1.54, 1.807) is 36.9 Å². The average molecular weight is 372 g/mol. The van der Waals surface area contributed by atoms with Gasteiger partial charge < -0.3 is 14.8 Å². The normalized spacial score (nSPS) is 10.9. The zero-order valence-corrected chi connectivity index (χ0v) is 15.6. The Bertz CT molecular complexity index is 860. The molecule has 0 radical (unpaired) electrons. The summed E-state index contributed by atoms with van der Waals surface area (Å²) in [5, 5.41) is 13.5. The monoisotopic (exact) mass is 372 g/mol. The van der Waals surface area contributed by atoms with Gasteiger partial charge in [0.05, 0.1) is 25.0 Å². The van der Waals surface area contributed by atoms with Gasteiger partial charge >= 0.3 is 6.03 Å². The topological polar surface area (TPSA) is 102 Å². The van der Waals surface area contributed by atoms with E-state index in [9.17, 15) is 4.79 Å². The van der Waals surface area contributed by atoms with Gasteiger partial charge in [-0.25, -0.2) is 9.78 Å². The van der Waals surface area contributed by atoms with E-state index in [1.165, 1.54) is 11.3 Å². The van der Waals surface area contributed by atoms with Crippen LogP contribution in [0.25, 0.3) is 10.7 Å². The SMILES string of the molecule is CC(C)n1cnnc1CN(C)C(=O)NCc1csc(-c2cnccn2)n1. The van der Waals surface area contributed by atoms with Gasteiger partial charge in [0, 0.05) is 30.9 Å². The highest BCUT2D eigenvalue weighted by atomic mass is 32.1. The molecule has 3 aromatic rings. The second-order valence-electron chi connectivity index (χ2n) is 6.00. The number of hydrogen-bond donors (Lipinski definition) is 1. The third kappa shape index (κ3) is 4.20. The number of nitrogens with zero attached hydrogens (tertiary/aromatic N) is 7. The highest BCUT2D eigenvalue weighted by Gasteiger charge is 2.15. The molecule has 1 N–H and O–H groups in total. The second kappa shape index (κ2) is 8.00. The van der Waals surface area contributed by atoms with Crippen LogP contribution < -0.4 is 5.32 Å². The Hall–Kier alpha value is -2.88. The van der Waals surface area contributed by atoms with E-state index < -0.39 is 0 Å². The Morgan fingerprint density at radius 1 is 1.38 bits per heavy atom. The Kier molecular flexibility index (Phi) is 5.52. The van der Waals surface area contributed by atoms with Crippen molar-refractivity contribution in [2.45, 2.75) is 33.0 Å². The molecule has 0 bridgehead atoms. The summed E-state index contributed by atoms with van der Waals surface area (Å²) in [7, 11) is 1.72. The van der Waals surface area contributed by atoms with Gasteiger partial charge in [0.25, 0.3) is 0 Å². The lowest BCUT2D eigenvalue weighted by atomic mass is 10.4. The molecular formula is C16H20N8OS. The van der Waals surface area contributed by atoms with Gasteiger partial charge in [-0.1, -0.05) is 0 Å². The Balaban J connectivity index is 1.55. The molecule has 3 heterocycles. The van der Waals surface area contributed by atoms with Gasteiger partial charge in [0.2, 0.25) is 0 Å². The van der Waals surface area contributed by atoms with Crippen LogP contribution in [0.15, 0.2) is 30.3 Å². The number of urea groups is 1. The number of thiazole rings is 1. The quantitative estimate of drug-likeness (QED) is 0.711. The van der Waals surface area contributed by atoms with Crippen LogP contribution in [0, 0.1) is 0 Å². The van der Waals surface area contributed by atoms with Crippen LogP contribution in [-0.2, 0) is 13.1 Å². The minimum absolute atomic E-state index is 0.197. The molecule has 0 saturated carbocycles. The maximum absolute atomic E-state index is 12.3. The molecule has 2 amide bonds. The Morgan fingerprint density at radius 3 is 2.96 bits per heavy atom. The molecule has 0 aliphatic carbocycles. The third-order valence-electron chi connectivity index (χ3n) is 3.68. The highest BCUT2D eigenvalue weighted by molar-refractivity contribution is 7.13. The highest BCUT2D eigenvalue weighted by Crippen LogP contribution is 2.20. The number of amides is 2. The first-order valence-electron chi connectivity index (χ1n) is 8.12. The molecule has 136 valence electrons. The van der Waals surface area contributed by atoms with Crippen molar-refractivity contribution < 1.29 is 4.79 Å². The van der Waals surface area contributed by atoms with Crippen LogP contribution in [-0.4, -0.2) is 47.7 Å². The van der Waals surface area contributed by atoms with Crippen molar-refractivity contribution in [2.75, 3.05) is 7.05 Å². The zero-order chi connectivity index (χ0) is 18.5. The van der Waals surface area contributed by atoms with E-state index in [0.29, 0.717) is 13.1 Å². The summed E-state index contributed by atoms with van der Waals surface area (Å²) in [6.07, 6.45) is 6.59. The number of carbonyl (C=O) groups is 1. The molecule has 3 aromatic heterocycles. The molecule has 0 fully saturated rings. The molecule has 0 unspecified atom stereocenters. The summed E-state index contributed by atoms with van der Waals surface area (Å²) >= 11 is 1.47. The van der Waals surface area contributed by atoms with Crippen molar-refractivity contribution in [3.8, 4) is 10.7 Å². The molecule has 26 heavy (non-hydrogen) atoms. The van der Waals surface area contributed by atoms with E-state index in [2.05, 4.69) is 30.5 Å². The molecule has 0 spiro atoms. The molecule has 10 heteroatoms. The van der Waals surface area contributed by atoms with Crippen molar-refractivity contribution in [3.05, 3.63) is 41.8 Å². The molecule has 9 nitrogen and oxygen atoms in total. The number of rotatable bonds is 6. The first-order chi connectivity index (χ1) is 12.5. The average Bonchev–Trinajstić information content (AvgIpc) is 3.29. The van der Waals surface area contributed by atoms with Crippen molar-refractivity contribution in [1.82, 2.24) is 39.9 Å². The lowest BCUT2D eigenvalue weighted by Gasteiger charge is -2.18. The van der Waals surface area contributed by atoms with Gasteiger partial charge in [0.15, 0.2) is 5.82 Å². The van der Waals surface area contributed by atoms with Gasteiger partial charge in [-0.05, 0) is 13.8 Å². The first-order valence-corrected chi connectivity index (χ1v) is 9.00. The summed E-state index contributed by atoms with van der Waals surface area (Å²) in [4.78, 5) is 26.6. The summed E-state index contributed by atoms with van der Waals surface area (Å²) in [5.41, 5.74) is 1.50. The first kappa shape index (κ1) is 17.9. The third-order valence-corrected chi connectivity index (χ3v) is 4.60. The van der Waals surface area contributed by atoms with Crippen LogP contribution in [0.5, 0.6) is 0 Å². The number of nitrogens with one attached hydrogen (secondary N) is 1. The predicted octanol–water partition coefficient (Wildman–Crippen LogP) is 2.11. The summed E-state index contributed by atoms with van der Waals surface area (Å²) < 4.78 is 1.94. The van der Waals surface area contributed by atoms with Crippen molar-refractivity contribution in [1.29, 1.82) is 0 Å². The minimum Gasteiger partial charge on any atom is -0.332 e. The van der Waals surface area contributed by atoms with E-state index in [4.69, 9.17) is 0 Å². The molecular weight excluding hydrogens is 352 g/mol. The van der Waals surface area contributed by atoms with Crippen LogP contribution >= 0.6 is 11.3 Å². The summed E-state index contributed by atoms with van der Waals surface area (Å²) in [6.45, 7) is 4.82. The zero-order valence-electron chi connectivity index (χ0n) is 14.8. The van der Waals surface area contributed by atoms with Crippen LogP contribution in [0.3, 0.4) is 0 Å². The van der Waals surface area contributed by atoms with E-state index in [1.807, 2.05) is 23.8 Å². The van der Waals surface area contributed by atoms with E-state index in [-0.39, 0.29) is 12.1 Å². The molecule has 0 saturated heterocycles. The lowest BCUT2D eigenvalue weighted by molar-refractivity contribution is 0.204. The number of hydrogen-bond acceptors (Lipinski definition) is 7. The standard InChI is InChI=1S/C16H20N8OS/c1-11(2)24-10-20-22-14(24)8-23(3)16(25)19-6-12-9-26-15(21-12)13-7-17-4-5-18-13/h4-5,7,9-11H,6,8H2,1-3H3,(H,19,25). The van der Waals surface area contributed by atoms with Crippen molar-refractivity contribution in [2.24, 2.45) is 0 Å². The molecule has 3 rings (SSSR count). The molecule has 0 aliphatic heterocycles. The van der Waals surface area contributed by atoms with Crippen LogP contribution in [0.2, 0.25) is 0 Å². The summed E-state index contributed by atoms with van der Waals surface area (Å²) in [6, 6.07) is 0.0448. The van der Waals surface area contributed by atoms with Gasteiger partial charge in [-0.2, -0.15) is 0 Å². The van der Waals surface area contributed by atoms with Crippen molar-refractivity contribution >= 4 is 17.4 Å². The summed E-state index contributed by atoms with van der Waals surface area (Å²) in [5.74, 6) is 0.747. The van der Waals surface area contributed by atoms with Crippen molar-refractivity contribution in [3.63, 3.8) is 0 Å². The fourth-order valence-electron chi connectivity index (χ4n) is 2.31. The van der Waals surface area contributed by atoms with E-state index >= 15 is 0 Å². The van der Waals surface area contributed by atoms with E-state index in [0.717, 1.165) is 22.2 Å². The number of aromatic nitrogens is 6. The molecule has 0 aromatic carbocycles. The van der Waals surface area contributed by atoms with Gasteiger partial charge in [-0.3, -0.25) is 9.97 Å². The van der Waals surface area contributed by atoms with Gasteiger partial charge in [-0.15, -0.1) is 21.5 Å². The smallest absolute Gasteiger partial charge is 0.317 e. The predicted molar refractivity (Wildman–Crippen MR) is 97.2 cm³/mol. The maximum Gasteiger partial charge on any atom is 0.317 e. The number of carbonyl (C=O) groups excluding carboxylic acids is 1.